The van der Waals surface area contributed by atoms with Crippen molar-refractivity contribution in [1.82, 2.24) is 5.32 Å². The zero-order valence-corrected chi connectivity index (χ0v) is 12.7. The molecule has 1 heterocycles. The van der Waals surface area contributed by atoms with Crippen LogP contribution in [-0.2, 0) is 16.4 Å². The Hall–Kier alpha value is -1.14. The molecule has 0 spiro atoms. The summed E-state index contributed by atoms with van der Waals surface area (Å²) in [5.74, 6) is -0.400. The van der Waals surface area contributed by atoms with Crippen molar-refractivity contribution in [2.45, 2.75) is 31.9 Å². The summed E-state index contributed by atoms with van der Waals surface area (Å²) < 4.78 is 39.8. The normalized spacial score (nSPS) is 16.2. The van der Waals surface area contributed by atoms with Gasteiger partial charge < -0.3 is 5.32 Å². The van der Waals surface area contributed by atoms with E-state index in [0.717, 1.165) is 18.5 Å². The van der Waals surface area contributed by atoms with Crippen LogP contribution in [0.1, 0.15) is 25.8 Å². The zero-order valence-electron chi connectivity index (χ0n) is 11.9. The lowest BCUT2D eigenvalue weighted by atomic mass is 10.2. The first-order valence-corrected chi connectivity index (χ1v) is 8.48. The average Bonchev–Trinajstić information content (AvgIpc) is 2.82. The Kier molecular flexibility index (Phi) is 4.65. The number of nitrogens with zero attached hydrogens (tertiary/aromatic N) is 1. The van der Waals surface area contributed by atoms with Gasteiger partial charge in [0.1, 0.15) is 5.82 Å². The summed E-state index contributed by atoms with van der Waals surface area (Å²) in [6.07, 6.45) is 1.61. The van der Waals surface area contributed by atoms with Crippen molar-refractivity contribution in [1.29, 1.82) is 0 Å². The summed E-state index contributed by atoms with van der Waals surface area (Å²) in [6.45, 7) is 5.34. The van der Waals surface area contributed by atoms with Crippen molar-refractivity contribution in [3.05, 3.63) is 29.6 Å². The second-order valence-electron chi connectivity index (χ2n) is 5.15. The molecule has 1 N–H and O–H groups in total. The summed E-state index contributed by atoms with van der Waals surface area (Å²) in [6, 6.07) is 4.35. The Morgan fingerprint density at radius 2 is 2.20 bits per heavy atom. The van der Waals surface area contributed by atoms with E-state index >= 15 is 0 Å². The van der Waals surface area contributed by atoms with E-state index < -0.39 is 21.1 Å². The minimum absolute atomic E-state index is 0.400. The quantitative estimate of drug-likeness (QED) is 0.816. The van der Waals surface area contributed by atoms with E-state index in [0.29, 0.717) is 25.2 Å². The highest BCUT2D eigenvalue weighted by Crippen LogP contribution is 2.32. The molecule has 1 aromatic carbocycles. The molecule has 0 saturated carbocycles. The van der Waals surface area contributed by atoms with Crippen LogP contribution in [-0.4, -0.2) is 33.3 Å². The Morgan fingerprint density at radius 3 is 2.90 bits per heavy atom. The molecular weight excluding hydrogens is 279 g/mol. The van der Waals surface area contributed by atoms with E-state index in [1.165, 1.54) is 16.4 Å². The van der Waals surface area contributed by atoms with E-state index in [9.17, 15) is 12.8 Å². The van der Waals surface area contributed by atoms with Gasteiger partial charge in [-0.2, -0.15) is 0 Å². The topological polar surface area (TPSA) is 49.4 Å². The third kappa shape index (κ3) is 2.96. The molecule has 1 unspecified atom stereocenters. The predicted octanol–water partition coefficient (Wildman–Crippen LogP) is 1.91. The van der Waals surface area contributed by atoms with Gasteiger partial charge in [-0.25, -0.2) is 12.8 Å². The maximum absolute atomic E-state index is 13.3. The van der Waals surface area contributed by atoms with E-state index in [1.54, 1.807) is 13.0 Å². The fourth-order valence-electron chi connectivity index (χ4n) is 2.39. The fourth-order valence-corrected chi connectivity index (χ4v) is 3.94. The van der Waals surface area contributed by atoms with Crippen molar-refractivity contribution in [2.24, 2.45) is 0 Å². The lowest BCUT2D eigenvalue weighted by Crippen LogP contribution is -2.41. The standard InChI is InChI=1S/C14H21FN2O2S/c1-3-7-16-10-11(2)20(18,19)17-8-6-12-4-5-13(15)9-14(12)17/h4-5,9,11,16H,3,6-8,10H2,1-2H3. The Bertz CT molecular complexity index is 575. The molecule has 4 nitrogen and oxygen atoms in total. The minimum Gasteiger partial charge on any atom is -0.315 e. The van der Waals surface area contributed by atoms with Gasteiger partial charge in [0, 0.05) is 13.1 Å². The van der Waals surface area contributed by atoms with Gasteiger partial charge in [-0.3, -0.25) is 4.31 Å². The molecule has 6 heteroatoms. The molecule has 0 fully saturated rings. The van der Waals surface area contributed by atoms with Gasteiger partial charge in [0.25, 0.3) is 0 Å². The van der Waals surface area contributed by atoms with Crippen molar-refractivity contribution in [2.75, 3.05) is 23.9 Å². The molecule has 20 heavy (non-hydrogen) atoms. The number of anilines is 1. The minimum atomic E-state index is -3.45. The summed E-state index contributed by atoms with van der Waals surface area (Å²) in [5, 5.41) is 2.60. The van der Waals surface area contributed by atoms with Crippen molar-refractivity contribution in [3.63, 3.8) is 0 Å². The molecule has 0 amide bonds. The number of sulfonamides is 1. The molecular formula is C14H21FN2O2S. The van der Waals surface area contributed by atoms with Crippen molar-refractivity contribution < 1.29 is 12.8 Å². The lowest BCUT2D eigenvalue weighted by molar-refractivity contribution is 0.567. The second-order valence-corrected chi connectivity index (χ2v) is 7.43. The highest BCUT2D eigenvalue weighted by atomic mass is 32.2. The highest BCUT2D eigenvalue weighted by Gasteiger charge is 2.33. The maximum Gasteiger partial charge on any atom is 0.239 e. The highest BCUT2D eigenvalue weighted by molar-refractivity contribution is 7.93. The molecule has 1 atom stereocenters. The molecule has 0 aliphatic carbocycles. The second kappa shape index (κ2) is 6.10. The molecule has 0 saturated heterocycles. The fraction of sp³-hybridized carbons (Fsp3) is 0.571. The average molecular weight is 300 g/mol. The summed E-state index contributed by atoms with van der Waals surface area (Å²) in [7, 11) is -3.45. The van der Waals surface area contributed by atoms with E-state index in [-0.39, 0.29) is 0 Å². The van der Waals surface area contributed by atoms with Crippen LogP contribution >= 0.6 is 0 Å². The molecule has 1 aliphatic rings. The predicted molar refractivity (Wildman–Crippen MR) is 79.0 cm³/mol. The van der Waals surface area contributed by atoms with Gasteiger partial charge in [-0.1, -0.05) is 13.0 Å². The Balaban J connectivity index is 2.18. The first kappa shape index (κ1) is 15.3. The molecule has 0 bridgehead atoms. The van der Waals surface area contributed by atoms with Crippen molar-refractivity contribution in [3.8, 4) is 0 Å². The molecule has 0 radical (unpaired) electrons. The number of rotatable bonds is 6. The van der Waals surface area contributed by atoms with Crippen LogP contribution in [0.2, 0.25) is 0 Å². The van der Waals surface area contributed by atoms with Crippen LogP contribution < -0.4 is 9.62 Å². The number of halogens is 1. The van der Waals surface area contributed by atoms with Gasteiger partial charge >= 0.3 is 0 Å². The first-order valence-electron chi connectivity index (χ1n) is 6.97. The number of fused-ring (bicyclic) bond motifs is 1. The summed E-state index contributed by atoms with van der Waals surface area (Å²) >= 11 is 0. The van der Waals surface area contributed by atoms with Gasteiger partial charge in [0.15, 0.2) is 0 Å². The number of nitrogens with one attached hydrogen (secondary N) is 1. The van der Waals surface area contributed by atoms with Crippen LogP contribution in [0.15, 0.2) is 18.2 Å². The van der Waals surface area contributed by atoms with Crippen LogP contribution in [0.25, 0.3) is 0 Å². The SMILES string of the molecule is CCCNCC(C)S(=O)(=O)N1CCc2ccc(F)cc21. The van der Waals surface area contributed by atoms with Crippen LogP contribution in [0, 0.1) is 5.82 Å². The van der Waals surface area contributed by atoms with Gasteiger partial charge in [-0.05, 0) is 44.0 Å². The largest absolute Gasteiger partial charge is 0.315 e. The van der Waals surface area contributed by atoms with Crippen LogP contribution in [0.4, 0.5) is 10.1 Å². The van der Waals surface area contributed by atoms with Gasteiger partial charge in [-0.15, -0.1) is 0 Å². The molecule has 1 aromatic rings. The maximum atomic E-state index is 13.3. The number of benzene rings is 1. The smallest absolute Gasteiger partial charge is 0.239 e. The summed E-state index contributed by atoms with van der Waals surface area (Å²) in [5.41, 5.74) is 1.39. The monoisotopic (exact) mass is 300 g/mol. The van der Waals surface area contributed by atoms with Gasteiger partial charge in [0.2, 0.25) is 10.0 Å². The van der Waals surface area contributed by atoms with Crippen LogP contribution in [0.3, 0.4) is 0 Å². The molecule has 2 rings (SSSR count). The van der Waals surface area contributed by atoms with E-state index in [4.69, 9.17) is 0 Å². The Morgan fingerprint density at radius 1 is 1.45 bits per heavy atom. The number of hydrogen-bond donors (Lipinski definition) is 1. The summed E-state index contributed by atoms with van der Waals surface area (Å²) in [4.78, 5) is 0. The van der Waals surface area contributed by atoms with Crippen LogP contribution in [0.5, 0.6) is 0 Å². The zero-order chi connectivity index (χ0) is 14.8. The van der Waals surface area contributed by atoms with Crippen molar-refractivity contribution >= 4 is 15.7 Å². The molecule has 112 valence electrons. The first-order chi connectivity index (χ1) is 9.46. The van der Waals surface area contributed by atoms with E-state index in [1.807, 2.05) is 6.92 Å². The Labute approximate surface area is 120 Å². The lowest BCUT2D eigenvalue weighted by Gasteiger charge is -2.24. The van der Waals surface area contributed by atoms with E-state index in [2.05, 4.69) is 5.32 Å². The third-order valence-corrected chi connectivity index (χ3v) is 5.75. The number of hydrogen-bond acceptors (Lipinski definition) is 3. The van der Waals surface area contributed by atoms with Gasteiger partial charge in [0.05, 0.1) is 10.9 Å². The third-order valence-electron chi connectivity index (χ3n) is 3.57. The molecule has 1 aliphatic heterocycles. The molecule has 0 aromatic heterocycles.